The van der Waals surface area contributed by atoms with E-state index in [0.29, 0.717) is 0 Å². The summed E-state index contributed by atoms with van der Waals surface area (Å²) in [6.07, 6.45) is 0. The second kappa shape index (κ2) is 3.44. The lowest BCUT2D eigenvalue weighted by Crippen LogP contribution is -2.35. The largest absolute Gasteiger partial charge is 0.425 e. The van der Waals surface area contributed by atoms with Crippen LogP contribution in [0.2, 0.25) is 0 Å². The Morgan fingerprint density at radius 1 is 1.44 bits per heavy atom. The fourth-order valence-corrected chi connectivity index (χ4v) is 7.88. The number of allylic oxidation sites excluding steroid dienone is 1. The molecule has 0 atom stereocenters. The molecule has 52 valence electrons. The van der Waals surface area contributed by atoms with Crippen LogP contribution in [0.4, 0.5) is 0 Å². The van der Waals surface area contributed by atoms with Gasteiger partial charge < -0.3 is 12.3 Å². The van der Waals surface area contributed by atoms with Crippen molar-refractivity contribution in [3.05, 3.63) is 11.8 Å². The first-order valence-corrected chi connectivity index (χ1v) is 6.60. The third-order valence-corrected chi connectivity index (χ3v) is 6.66. The van der Waals surface area contributed by atoms with E-state index >= 15 is 0 Å². The average molecular weight is 178 g/mol. The normalized spacial score (nSPS) is 33.2. The summed E-state index contributed by atoms with van der Waals surface area (Å²) in [5.41, 5.74) is 0. The van der Waals surface area contributed by atoms with Gasteiger partial charge in [-0.05, 0) is 12.1 Å². The van der Waals surface area contributed by atoms with Crippen molar-refractivity contribution in [3.8, 4) is 0 Å². The van der Waals surface area contributed by atoms with Crippen LogP contribution in [0.3, 0.4) is 0 Å². The average Bonchev–Trinajstić information content (AvgIpc) is 1.90. The summed E-state index contributed by atoms with van der Waals surface area (Å²) in [6, 6.07) is 0. The van der Waals surface area contributed by atoms with Gasteiger partial charge >= 0.3 is 9.28 Å². The Labute approximate surface area is 61.0 Å². The van der Waals surface area contributed by atoms with Crippen molar-refractivity contribution in [2.75, 3.05) is 0 Å². The molecule has 1 heterocycles. The molecule has 0 spiro atoms. The van der Waals surface area contributed by atoms with Crippen LogP contribution in [-0.2, 0) is 12.3 Å². The molecule has 1 aliphatic rings. The highest BCUT2D eigenvalue weighted by atomic mass is 28.4. The third-order valence-electron chi connectivity index (χ3n) is 1.01. The standard InChI is InChI=1S/C3H10O3Si3/c1-3(2)9-5-7-4-8-6-9/h9H,1,7-8H2,2H3. The molecule has 0 bridgehead atoms. The van der Waals surface area contributed by atoms with Gasteiger partial charge in [0.2, 0.25) is 0 Å². The van der Waals surface area contributed by atoms with Gasteiger partial charge in [0.1, 0.15) is 0 Å². The van der Waals surface area contributed by atoms with E-state index in [2.05, 4.69) is 6.58 Å². The third kappa shape index (κ3) is 2.16. The zero-order valence-electron chi connectivity index (χ0n) is 5.42. The lowest BCUT2D eigenvalue weighted by Gasteiger charge is -2.21. The fourth-order valence-electron chi connectivity index (χ4n) is 0.586. The maximum Gasteiger partial charge on any atom is 0.332 e. The molecule has 0 aliphatic carbocycles. The molecular formula is C3H10O3Si3. The molecule has 0 N–H and O–H groups in total. The van der Waals surface area contributed by atoms with Crippen molar-refractivity contribution in [1.29, 1.82) is 0 Å². The second-order valence-electron chi connectivity index (χ2n) is 1.95. The molecule has 1 rings (SSSR count). The van der Waals surface area contributed by atoms with Crippen molar-refractivity contribution >= 4 is 29.3 Å². The minimum atomic E-state index is -1.40. The molecule has 3 nitrogen and oxygen atoms in total. The summed E-state index contributed by atoms with van der Waals surface area (Å²) in [4.78, 5) is 0. The molecule has 0 amide bonds. The Bertz CT molecular complexity index is 111. The van der Waals surface area contributed by atoms with Gasteiger partial charge in [0.15, 0.2) is 0 Å². The molecule has 0 saturated carbocycles. The van der Waals surface area contributed by atoms with Crippen molar-refractivity contribution in [2.45, 2.75) is 6.92 Å². The van der Waals surface area contributed by atoms with Gasteiger partial charge in [-0.15, -0.1) is 0 Å². The van der Waals surface area contributed by atoms with Crippen LogP contribution in [0, 0.1) is 0 Å². The molecule has 0 aromatic carbocycles. The minimum Gasteiger partial charge on any atom is -0.425 e. The Hall–Kier alpha value is 0.271. The molecule has 0 radical (unpaired) electrons. The molecule has 1 saturated heterocycles. The predicted molar refractivity (Wildman–Crippen MR) is 42.3 cm³/mol. The van der Waals surface area contributed by atoms with Gasteiger partial charge in [-0.3, -0.25) is 0 Å². The van der Waals surface area contributed by atoms with Crippen LogP contribution in [0.5, 0.6) is 0 Å². The number of hydrogen-bond acceptors (Lipinski definition) is 3. The highest BCUT2D eigenvalue weighted by Gasteiger charge is 2.17. The summed E-state index contributed by atoms with van der Waals surface area (Å²) < 4.78 is 15.7. The minimum absolute atomic E-state index is 0.644. The number of rotatable bonds is 1. The lowest BCUT2D eigenvalue weighted by atomic mass is 10.8. The molecule has 9 heavy (non-hydrogen) atoms. The van der Waals surface area contributed by atoms with Crippen LogP contribution < -0.4 is 0 Å². The van der Waals surface area contributed by atoms with Gasteiger partial charge in [-0.2, -0.15) is 0 Å². The smallest absolute Gasteiger partial charge is 0.332 e. The van der Waals surface area contributed by atoms with E-state index in [0.717, 1.165) is 5.20 Å². The highest BCUT2D eigenvalue weighted by molar-refractivity contribution is 6.66. The van der Waals surface area contributed by atoms with Crippen molar-refractivity contribution < 1.29 is 12.3 Å². The van der Waals surface area contributed by atoms with Crippen LogP contribution in [-0.4, -0.2) is 29.3 Å². The van der Waals surface area contributed by atoms with E-state index < -0.39 is 29.3 Å². The predicted octanol–water partition coefficient (Wildman–Crippen LogP) is -1.62. The van der Waals surface area contributed by atoms with Crippen LogP contribution in [0.25, 0.3) is 0 Å². The summed E-state index contributed by atoms with van der Waals surface area (Å²) in [5, 5.41) is 1.08. The molecule has 0 aromatic rings. The first-order valence-electron chi connectivity index (χ1n) is 2.77. The molecule has 1 fully saturated rings. The van der Waals surface area contributed by atoms with E-state index in [1.165, 1.54) is 0 Å². The summed E-state index contributed by atoms with van der Waals surface area (Å²) in [5.74, 6) is 0. The summed E-state index contributed by atoms with van der Waals surface area (Å²) in [7, 11) is -2.68. The second-order valence-corrected chi connectivity index (χ2v) is 8.37. The maximum absolute atomic E-state index is 5.31. The van der Waals surface area contributed by atoms with Crippen molar-refractivity contribution in [1.82, 2.24) is 0 Å². The topological polar surface area (TPSA) is 27.7 Å². The highest BCUT2D eigenvalue weighted by Crippen LogP contribution is 2.02. The maximum atomic E-state index is 5.31. The number of hydrogen-bond donors (Lipinski definition) is 0. The Balaban J connectivity index is 2.31. The van der Waals surface area contributed by atoms with E-state index in [-0.39, 0.29) is 0 Å². The fraction of sp³-hybridized carbons (Fsp3) is 0.333. The Kier molecular flexibility index (Phi) is 2.82. The van der Waals surface area contributed by atoms with E-state index in [4.69, 9.17) is 12.3 Å². The van der Waals surface area contributed by atoms with Crippen LogP contribution in [0.15, 0.2) is 11.8 Å². The summed E-state index contributed by atoms with van der Waals surface area (Å²) in [6.45, 7) is 5.74. The summed E-state index contributed by atoms with van der Waals surface area (Å²) >= 11 is 0. The lowest BCUT2D eigenvalue weighted by molar-refractivity contribution is 0.330. The van der Waals surface area contributed by atoms with Gasteiger partial charge in [0.05, 0.1) is 0 Å². The van der Waals surface area contributed by atoms with E-state index in [9.17, 15) is 0 Å². The van der Waals surface area contributed by atoms with E-state index in [1.807, 2.05) is 6.92 Å². The van der Waals surface area contributed by atoms with Gasteiger partial charge in [0, 0.05) is 0 Å². The monoisotopic (exact) mass is 178 g/mol. The molecule has 1 aliphatic heterocycles. The zero-order valence-corrected chi connectivity index (χ0v) is 9.41. The Morgan fingerprint density at radius 2 is 2.00 bits per heavy atom. The molecular weight excluding hydrogens is 168 g/mol. The zero-order chi connectivity index (χ0) is 6.69. The van der Waals surface area contributed by atoms with Crippen molar-refractivity contribution in [3.63, 3.8) is 0 Å². The van der Waals surface area contributed by atoms with Gasteiger partial charge in [-0.1, -0.05) is 6.58 Å². The van der Waals surface area contributed by atoms with Crippen LogP contribution >= 0.6 is 0 Å². The van der Waals surface area contributed by atoms with Gasteiger partial charge in [0.25, 0.3) is 20.0 Å². The van der Waals surface area contributed by atoms with Crippen molar-refractivity contribution in [2.24, 2.45) is 0 Å². The van der Waals surface area contributed by atoms with E-state index in [1.54, 1.807) is 0 Å². The first kappa shape index (κ1) is 7.38. The molecule has 0 aromatic heterocycles. The first-order chi connectivity index (χ1) is 4.30. The van der Waals surface area contributed by atoms with Gasteiger partial charge in [-0.25, -0.2) is 0 Å². The van der Waals surface area contributed by atoms with Crippen LogP contribution in [0.1, 0.15) is 6.92 Å². The molecule has 0 unspecified atom stereocenters. The SMILES string of the molecule is C=C(C)[SiH]1O[SiH2]O[SiH2]O1. The quantitative estimate of drug-likeness (QED) is 0.452. The Morgan fingerprint density at radius 3 is 2.33 bits per heavy atom. The molecule has 6 heteroatoms.